The topological polar surface area (TPSA) is 87.7 Å². The summed E-state index contributed by atoms with van der Waals surface area (Å²) in [5, 5.41) is 13.9. The van der Waals surface area contributed by atoms with Gasteiger partial charge in [0.2, 0.25) is 0 Å². The number of fused-ring (bicyclic) bond motifs is 1. The zero-order valence-electron chi connectivity index (χ0n) is 16.9. The summed E-state index contributed by atoms with van der Waals surface area (Å²) in [7, 11) is 0. The minimum absolute atomic E-state index is 0.0167. The maximum absolute atomic E-state index is 12.7. The largest absolute Gasteiger partial charge is 0.420 e. The summed E-state index contributed by atoms with van der Waals surface area (Å²) in [5.41, 5.74) is 1.63. The Morgan fingerprint density at radius 2 is 1.83 bits per heavy atom. The van der Waals surface area contributed by atoms with Crippen LogP contribution in [0.25, 0.3) is 11.1 Å². The molecule has 2 amide bonds. The Hall–Kier alpha value is -2.58. The molecular formula is C22H24BrN3O4. The first kappa shape index (κ1) is 20.7. The van der Waals surface area contributed by atoms with Crippen LogP contribution in [-0.4, -0.2) is 33.7 Å². The predicted octanol–water partition coefficient (Wildman–Crippen LogP) is 4.45. The number of hydrogen-bond donors (Lipinski definition) is 2. The zero-order chi connectivity index (χ0) is 21.5. The van der Waals surface area contributed by atoms with E-state index in [9.17, 15) is 14.7 Å². The molecule has 2 heterocycles. The smallest absolute Gasteiger partial charge is 0.408 e. The average molecular weight is 474 g/mol. The van der Waals surface area contributed by atoms with Crippen LogP contribution in [-0.2, 0) is 5.60 Å². The number of halogens is 1. The molecule has 2 N–H and O–H groups in total. The Labute approximate surface area is 182 Å². The van der Waals surface area contributed by atoms with E-state index in [4.69, 9.17) is 4.42 Å². The first-order valence-corrected chi connectivity index (χ1v) is 10.8. The second kappa shape index (κ2) is 7.92. The fourth-order valence-electron chi connectivity index (χ4n) is 3.93. The third-order valence-electron chi connectivity index (χ3n) is 5.64. The molecule has 30 heavy (non-hydrogen) atoms. The number of piperidine rings is 1. The molecule has 1 fully saturated rings. The Balaban J connectivity index is 1.44. The van der Waals surface area contributed by atoms with Gasteiger partial charge in [0.05, 0.1) is 11.1 Å². The van der Waals surface area contributed by atoms with Crippen LogP contribution in [0.15, 0.2) is 56.1 Å². The lowest BCUT2D eigenvalue weighted by molar-refractivity contribution is -0.0157. The number of amides is 2. The summed E-state index contributed by atoms with van der Waals surface area (Å²) >= 11 is 3.41. The van der Waals surface area contributed by atoms with E-state index in [1.54, 1.807) is 27.7 Å². The zero-order valence-corrected chi connectivity index (χ0v) is 18.5. The van der Waals surface area contributed by atoms with Crippen LogP contribution in [0.3, 0.4) is 0 Å². The number of carbonyl (C=O) groups is 1. The van der Waals surface area contributed by atoms with E-state index in [0.29, 0.717) is 42.7 Å². The molecular weight excluding hydrogens is 450 g/mol. The maximum Gasteiger partial charge on any atom is 0.420 e. The second-order valence-electron chi connectivity index (χ2n) is 7.97. The molecule has 2 aromatic carbocycles. The van der Waals surface area contributed by atoms with Gasteiger partial charge in [-0.05, 0) is 56.5 Å². The molecule has 3 aromatic rings. The molecule has 0 radical (unpaired) electrons. The van der Waals surface area contributed by atoms with Crippen molar-refractivity contribution in [2.24, 2.45) is 0 Å². The molecule has 8 heteroatoms. The van der Waals surface area contributed by atoms with Gasteiger partial charge in [-0.2, -0.15) is 0 Å². The number of carbonyl (C=O) groups excluding carboxylic acids is 1. The number of benzene rings is 2. The number of urea groups is 1. The molecule has 0 saturated carbocycles. The highest BCUT2D eigenvalue weighted by Gasteiger charge is 2.35. The van der Waals surface area contributed by atoms with Gasteiger partial charge in [-0.3, -0.25) is 4.57 Å². The van der Waals surface area contributed by atoms with Crippen LogP contribution < -0.4 is 11.1 Å². The summed E-state index contributed by atoms with van der Waals surface area (Å²) < 4.78 is 7.86. The minimum atomic E-state index is -0.931. The number of likely N-dealkylation sites (tertiary alicyclic amines) is 1. The molecule has 1 saturated heterocycles. The van der Waals surface area contributed by atoms with Crippen molar-refractivity contribution in [2.45, 2.75) is 38.3 Å². The molecule has 4 rings (SSSR count). The number of aliphatic hydroxyl groups is 1. The number of rotatable bonds is 3. The van der Waals surface area contributed by atoms with Gasteiger partial charge >= 0.3 is 11.8 Å². The lowest BCUT2D eigenvalue weighted by atomic mass is 9.84. The van der Waals surface area contributed by atoms with Crippen LogP contribution in [0.5, 0.6) is 0 Å². The summed E-state index contributed by atoms with van der Waals surface area (Å²) in [6, 6.07) is 12.6. The Morgan fingerprint density at radius 3 is 2.47 bits per heavy atom. The van der Waals surface area contributed by atoms with Crippen molar-refractivity contribution in [3.8, 4) is 0 Å². The van der Waals surface area contributed by atoms with Gasteiger partial charge in [0.1, 0.15) is 0 Å². The van der Waals surface area contributed by atoms with Gasteiger partial charge in [-0.15, -0.1) is 0 Å². The second-order valence-corrected chi connectivity index (χ2v) is 8.89. The molecule has 0 spiro atoms. The third-order valence-corrected chi connectivity index (χ3v) is 6.17. The minimum Gasteiger partial charge on any atom is -0.408 e. The fourth-order valence-corrected chi connectivity index (χ4v) is 4.20. The van der Waals surface area contributed by atoms with Crippen molar-refractivity contribution in [1.82, 2.24) is 9.47 Å². The van der Waals surface area contributed by atoms with E-state index in [-0.39, 0.29) is 12.1 Å². The number of nitrogens with one attached hydrogen (secondary N) is 1. The van der Waals surface area contributed by atoms with E-state index in [2.05, 4.69) is 21.2 Å². The Kier molecular flexibility index (Phi) is 5.46. The summed E-state index contributed by atoms with van der Waals surface area (Å²) in [6.45, 7) is 4.72. The number of hydrogen-bond acceptors (Lipinski definition) is 4. The molecule has 0 bridgehead atoms. The van der Waals surface area contributed by atoms with Crippen molar-refractivity contribution in [3.63, 3.8) is 0 Å². The molecule has 0 atom stereocenters. The van der Waals surface area contributed by atoms with Crippen LogP contribution in [0, 0.1) is 0 Å². The lowest BCUT2D eigenvalue weighted by Crippen LogP contribution is -2.46. The van der Waals surface area contributed by atoms with E-state index in [1.807, 2.05) is 38.1 Å². The van der Waals surface area contributed by atoms with E-state index < -0.39 is 11.4 Å². The third kappa shape index (κ3) is 3.89. The Morgan fingerprint density at radius 1 is 1.17 bits per heavy atom. The van der Waals surface area contributed by atoms with E-state index >= 15 is 0 Å². The molecule has 1 aliphatic heterocycles. The fraction of sp³-hybridized carbons (Fsp3) is 0.364. The van der Waals surface area contributed by atoms with Gasteiger partial charge in [-0.1, -0.05) is 28.1 Å². The van der Waals surface area contributed by atoms with Crippen molar-refractivity contribution in [1.29, 1.82) is 0 Å². The highest BCUT2D eigenvalue weighted by molar-refractivity contribution is 9.10. The molecule has 0 aliphatic carbocycles. The van der Waals surface area contributed by atoms with E-state index in [1.165, 1.54) is 0 Å². The van der Waals surface area contributed by atoms with Gasteiger partial charge < -0.3 is 19.7 Å². The molecule has 1 aliphatic rings. The molecule has 1 aromatic heterocycles. The van der Waals surface area contributed by atoms with Crippen molar-refractivity contribution >= 4 is 38.7 Å². The number of oxazole rings is 1. The normalized spacial score (nSPS) is 16.2. The van der Waals surface area contributed by atoms with Gasteiger partial charge in [0, 0.05) is 35.4 Å². The number of anilines is 1. The first-order valence-electron chi connectivity index (χ1n) is 9.96. The highest BCUT2D eigenvalue weighted by Crippen LogP contribution is 2.33. The number of aromatic nitrogens is 1. The average Bonchev–Trinajstić information content (AvgIpc) is 3.04. The van der Waals surface area contributed by atoms with Gasteiger partial charge in [0.25, 0.3) is 0 Å². The van der Waals surface area contributed by atoms with Gasteiger partial charge in [0.15, 0.2) is 5.58 Å². The highest BCUT2D eigenvalue weighted by atomic mass is 79.9. The van der Waals surface area contributed by atoms with Gasteiger partial charge in [-0.25, -0.2) is 9.59 Å². The summed E-state index contributed by atoms with van der Waals surface area (Å²) in [6.07, 6.45) is 0.931. The van der Waals surface area contributed by atoms with Crippen LogP contribution >= 0.6 is 15.9 Å². The van der Waals surface area contributed by atoms with Crippen molar-refractivity contribution < 1.29 is 14.3 Å². The molecule has 158 valence electrons. The SMILES string of the molecule is CC(C)n1c(=O)oc2cc(NC(=O)N3CCC(O)(c4ccc(Br)cc4)CC3)ccc21. The quantitative estimate of drug-likeness (QED) is 0.587. The number of nitrogens with zero attached hydrogens (tertiary/aromatic N) is 2. The van der Waals surface area contributed by atoms with Crippen LogP contribution in [0.2, 0.25) is 0 Å². The summed E-state index contributed by atoms with van der Waals surface area (Å²) in [5.74, 6) is -0.410. The molecule has 0 unspecified atom stereocenters. The monoisotopic (exact) mass is 473 g/mol. The van der Waals surface area contributed by atoms with E-state index in [0.717, 1.165) is 10.0 Å². The van der Waals surface area contributed by atoms with Crippen molar-refractivity contribution in [3.05, 3.63) is 63.1 Å². The molecule has 7 nitrogen and oxygen atoms in total. The van der Waals surface area contributed by atoms with Crippen LogP contribution in [0.4, 0.5) is 10.5 Å². The lowest BCUT2D eigenvalue weighted by Gasteiger charge is -2.38. The first-order chi connectivity index (χ1) is 14.3. The Bertz CT molecular complexity index is 1130. The van der Waals surface area contributed by atoms with Crippen molar-refractivity contribution in [2.75, 3.05) is 18.4 Å². The van der Waals surface area contributed by atoms with Crippen LogP contribution in [0.1, 0.15) is 38.3 Å². The summed E-state index contributed by atoms with van der Waals surface area (Å²) in [4.78, 5) is 26.4. The predicted molar refractivity (Wildman–Crippen MR) is 119 cm³/mol. The standard InChI is InChI=1S/C22H24BrN3O4/c1-14(2)26-18-8-7-17(13-19(18)30-21(26)28)24-20(27)25-11-9-22(29,10-12-25)15-3-5-16(23)6-4-15/h3-8,13-14,29H,9-12H2,1-2H3,(H,24,27). The maximum atomic E-state index is 12.7.